The molecule has 0 saturated heterocycles. The van der Waals surface area contributed by atoms with Gasteiger partial charge in [-0.25, -0.2) is 0 Å². The predicted octanol–water partition coefficient (Wildman–Crippen LogP) is 3.15. The van der Waals surface area contributed by atoms with Crippen LogP contribution in [0, 0.1) is 0 Å². The zero-order valence-electron chi connectivity index (χ0n) is 11.5. The molecule has 0 radical (unpaired) electrons. The Balaban J connectivity index is 2.07. The van der Waals surface area contributed by atoms with Gasteiger partial charge < -0.3 is 19.2 Å². The lowest BCUT2D eigenvalue weighted by Gasteiger charge is -2.17. The lowest BCUT2D eigenvalue weighted by atomic mass is 10.1. The predicted molar refractivity (Wildman–Crippen MR) is 73.5 cm³/mol. The average molecular weight is 261 g/mol. The number of nitrogens with one attached hydrogen (secondary N) is 1. The molecule has 19 heavy (non-hydrogen) atoms. The zero-order chi connectivity index (χ0) is 13.7. The Hall–Kier alpha value is -1.94. The van der Waals surface area contributed by atoms with Crippen molar-refractivity contribution in [2.45, 2.75) is 19.5 Å². The summed E-state index contributed by atoms with van der Waals surface area (Å²) in [7, 11) is 3.32. The highest BCUT2D eigenvalue weighted by Crippen LogP contribution is 2.29. The van der Waals surface area contributed by atoms with Crippen molar-refractivity contribution in [1.29, 1.82) is 0 Å². The van der Waals surface area contributed by atoms with Crippen LogP contribution in [0.4, 0.5) is 0 Å². The fourth-order valence-corrected chi connectivity index (χ4v) is 1.95. The minimum Gasteiger partial charge on any atom is -0.497 e. The highest BCUT2D eigenvalue weighted by atomic mass is 16.5. The second kappa shape index (κ2) is 6.29. The fraction of sp³-hybridized carbons (Fsp3) is 0.333. The van der Waals surface area contributed by atoms with Gasteiger partial charge in [0, 0.05) is 29.8 Å². The third-order valence-corrected chi connectivity index (χ3v) is 3.10. The van der Waals surface area contributed by atoms with Crippen LogP contribution in [-0.2, 0) is 6.54 Å². The zero-order valence-corrected chi connectivity index (χ0v) is 11.5. The van der Waals surface area contributed by atoms with Gasteiger partial charge in [0.05, 0.1) is 26.7 Å². The summed E-state index contributed by atoms with van der Waals surface area (Å²) in [5.41, 5.74) is 2.23. The summed E-state index contributed by atoms with van der Waals surface area (Å²) in [4.78, 5) is 0. The van der Waals surface area contributed by atoms with Gasteiger partial charge in [-0.3, -0.25) is 0 Å². The Morgan fingerprint density at radius 1 is 1.21 bits per heavy atom. The summed E-state index contributed by atoms with van der Waals surface area (Å²) in [6.07, 6.45) is 3.42. The molecule has 0 aliphatic carbocycles. The molecule has 0 fully saturated rings. The first-order chi connectivity index (χ1) is 9.24. The molecule has 0 spiro atoms. The van der Waals surface area contributed by atoms with Crippen molar-refractivity contribution in [3.63, 3.8) is 0 Å². The molecule has 4 heteroatoms. The number of rotatable bonds is 6. The van der Waals surface area contributed by atoms with E-state index in [-0.39, 0.29) is 6.04 Å². The third kappa shape index (κ3) is 3.29. The lowest BCUT2D eigenvalue weighted by Crippen LogP contribution is -2.18. The van der Waals surface area contributed by atoms with E-state index < -0.39 is 0 Å². The first-order valence-electron chi connectivity index (χ1n) is 6.21. The number of ether oxygens (including phenoxy) is 2. The van der Waals surface area contributed by atoms with Gasteiger partial charge in [0.15, 0.2) is 0 Å². The summed E-state index contributed by atoms with van der Waals surface area (Å²) in [6.45, 7) is 2.86. The van der Waals surface area contributed by atoms with Crippen molar-refractivity contribution in [1.82, 2.24) is 5.32 Å². The second-order valence-electron chi connectivity index (χ2n) is 4.34. The van der Waals surface area contributed by atoms with Crippen molar-refractivity contribution in [2.24, 2.45) is 0 Å². The minimum atomic E-state index is 0.177. The first-order valence-corrected chi connectivity index (χ1v) is 6.21. The van der Waals surface area contributed by atoms with E-state index in [0.717, 1.165) is 29.2 Å². The van der Waals surface area contributed by atoms with Gasteiger partial charge in [0.25, 0.3) is 0 Å². The van der Waals surface area contributed by atoms with Crippen molar-refractivity contribution < 1.29 is 13.9 Å². The molecule has 0 saturated carbocycles. The molecule has 1 unspecified atom stereocenters. The highest BCUT2D eigenvalue weighted by molar-refractivity contribution is 5.42. The molecule has 0 aliphatic rings. The first kappa shape index (κ1) is 13.5. The molecule has 102 valence electrons. The molecule has 1 atom stereocenters. The Morgan fingerprint density at radius 2 is 2.05 bits per heavy atom. The van der Waals surface area contributed by atoms with E-state index in [2.05, 4.69) is 12.2 Å². The van der Waals surface area contributed by atoms with E-state index in [1.165, 1.54) is 0 Å². The molecule has 1 aromatic heterocycles. The maximum atomic E-state index is 5.41. The topological polar surface area (TPSA) is 43.6 Å². The molecule has 1 aromatic carbocycles. The quantitative estimate of drug-likeness (QED) is 0.867. The molecule has 2 aromatic rings. The molecular weight excluding hydrogens is 242 g/mol. The van der Waals surface area contributed by atoms with E-state index in [4.69, 9.17) is 13.9 Å². The highest BCUT2D eigenvalue weighted by Gasteiger charge is 2.12. The van der Waals surface area contributed by atoms with Gasteiger partial charge in [0.1, 0.15) is 11.5 Å². The molecule has 1 N–H and O–H groups in total. The average Bonchev–Trinajstić information content (AvgIpc) is 2.97. The van der Waals surface area contributed by atoms with Crippen LogP contribution in [0.15, 0.2) is 41.2 Å². The van der Waals surface area contributed by atoms with E-state index in [0.29, 0.717) is 0 Å². The number of furan rings is 1. The van der Waals surface area contributed by atoms with Crippen LogP contribution in [0.1, 0.15) is 24.1 Å². The number of hydrogen-bond donors (Lipinski definition) is 1. The maximum absolute atomic E-state index is 5.41. The van der Waals surface area contributed by atoms with Crippen LogP contribution >= 0.6 is 0 Å². The lowest BCUT2D eigenvalue weighted by molar-refractivity contribution is 0.385. The normalized spacial score (nSPS) is 12.2. The van der Waals surface area contributed by atoms with Crippen LogP contribution in [0.25, 0.3) is 0 Å². The van der Waals surface area contributed by atoms with Gasteiger partial charge in [0.2, 0.25) is 0 Å². The molecule has 4 nitrogen and oxygen atoms in total. The second-order valence-corrected chi connectivity index (χ2v) is 4.34. The summed E-state index contributed by atoms with van der Waals surface area (Å²) >= 11 is 0. The summed E-state index contributed by atoms with van der Waals surface area (Å²) in [5, 5.41) is 3.43. The Bertz CT molecular complexity index is 508. The monoisotopic (exact) mass is 261 g/mol. The summed E-state index contributed by atoms with van der Waals surface area (Å²) in [5.74, 6) is 1.62. The standard InChI is InChI=1S/C15H19NO3/c1-11(16-9-12-6-7-19-10-12)14-5-4-13(17-2)8-15(14)18-3/h4-8,10-11,16H,9H2,1-3H3. The van der Waals surface area contributed by atoms with Crippen LogP contribution in [0.3, 0.4) is 0 Å². The molecule has 0 bridgehead atoms. The summed E-state index contributed by atoms with van der Waals surface area (Å²) in [6, 6.07) is 7.98. The van der Waals surface area contributed by atoms with Crippen molar-refractivity contribution in [3.8, 4) is 11.5 Å². The van der Waals surface area contributed by atoms with Crippen molar-refractivity contribution >= 4 is 0 Å². The Morgan fingerprint density at radius 3 is 2.68 bits per heavy atom. The van der Waals surface area contributed by atoms with Gasteiger partial charge in [-0.05, 0) is 19.1 Å². The number of methoxy groups -OCH3 is 2. The molecule has 2 rings (SSSR count). The number of hydrogen-bond acceptors (Lipinski definition) is 4. The Labute approximate surface area is 113 Å². The van der Waals surface area contributed by atoms with E-state index in [1.807, 2.05) is 24.3 Å². The maximum Gasteiger partial charge on any atom is 0.127 e. The SMILES string of the molecule is COc1ccc(C(C)NCc2ccoc2)c(OC)c1. The smallest absolute Gasteiger partial charge is 0.127 e. The summed E-state index contributed by atoms with van der Waals surface area (Å²) < 4.78 is 15.7. The molecule has 0 amide bonds. The van der Waals surface area contributed by atoms with Gasteiger partial charge >= 0.3 is 0 Å². The molecule has 1 heterocycles. The van der Waals surface area contributed by atoms with Crippen LogP contribution < -0.4 is 14.8 Å². The van der Waals surface area contributed by atoms with Gasteiger partial charge in [-0.1, -0.05) is 6.07 Å². The third-order valence-electron chi connectivity index (χ3n) is 3.10. The van der Waals surface area contributed by atoms with E-state index in [1.54, 1.807) is 26.7 Å². The van der Waals surface area contributed by atoms with Crippen molar-refractivity contribution in [2.75, 3.05) is 14.2 Å². The largest absolute Gasteiger partial charge is 0.497 e. The fourth-order valence-electron chi connectivity index (χ4n) is 1.95. The molecule has 0 aliphatic heterocycles. The van der Waals surface area contributed by atoms with Crippen molar-refractivity contribution in [3.05, 3.63) is 47.9 Å². The molecular formula is C15H19NO3. The number of benzene rings is 1. The van der Waals surface area contributed by atoms with E-state index >= 15 is 0 Å². The Kier molecular flexibility index (Phi) is 4.47. The van der Waals surface area contributed by atoms with Gasteiger partial charge in [-0.2, -0.15) is 0 Å². The minimum absolute atomic E-state index is 0.177. The van der Waals surface area contributed by atoms with E-state index in [9.17, 15) is 0 Å². The van der Waals surface area contributed by atoms with Crippen LogP contribution in [0.5, 0.6) is 11.5 Å². The van der Waals surface area contributed by atoms with Crippen LogP contribution in [-0.4, -0.2) is 14.2 Å². The van der Waals surface area contributed by atoms with Crippen LogP contribution in [0.2, 0.25) is 0 Å². The van der Waals surface area contributed by atoms with Gasteiger partial charge in [-0.15, -0.1) is 0 Å².